The van der Waals surface area contributed by atoms with E-state index in [1.54, 1.807) is 0 Å². The van der Waals surface area contributed by atoms with Gasteiger partial charge in [0.25, 0.3) is 0 Å². The quantitative estimate of drug-likeness (QED) is 0.279. The van der Waals surface area contributed by atoms with Crippen molar-refractivity contribution < 1.29 is 0 Å². The lowest BCUT2D eigenvalue weighted by molar-refractivity contribution is 0.258. The maximum Gasteiger partial charge on any atom is 0.191 e. The fourth-order valence-corrected chi connectivity index (χ4v) is 4.04. The molecule has 1 aliphatic heterocycles. The Balaban J connectivity index is 0.00000240. The molecule has 1 fully saturated rings. The second-order valence-electron chi connectivity index (χ2n) is 7.65. The molecule has 0 radical (unpaired) electrons. The Kier molecular flexibility index (Phi) is 7.55. The van der Waals surface area contributed by atoms with Crippen molar-refractivity contribution in [1.82, 2.24) is 20.5 Å². The van der Waals surface area contributed by atoms with Gasteiger partial charge >= 0.3 is 0 Å². The Morgan fingerprint density at radius 3 is 2.66 bits per heavy atom. The number of rotatable bonds is 5. The molecular weight excluding hydrogens is 473 g/mol. The zero-order valence-corrected chi connectivity index (χ0v) is 19.4. The molecule has 4 rings (SSSR count). The molecule has 2 heterocycles. The molecule has 5 nitrogen and oxygen atoms in total. The first-order chi connectivity index (χ1) is 13.7. The highest BCUT2D eigenvalue weighted by Crippen LogP contribution is 2.20. The summed E-state index contributed by atoms with van der Waals surface area (Å²) in [6.45, 7) is 5.07. The van der Waals surface area contributed by atoms with E-state index in [2.05, 4.69) is 93.1 Å². The lowest BCUT2D eigenvalue weighted by Crippen LogP contribution is -2.44. The summed E-state index contributed by atoms with van der Waals surface area (Å²) in [6.07, 6.45) is 1.12. The van der Waals surface area contributed by atoms with Crippen LogP contribution in [0.15, 0.2) is 65.7 Å². The first-order valence-corrected chi connectivity index (χ1v) is 10.0. The normalized spacial score (nSPS) is 19.9. The predicted octanol–water partition coefficient (Wildman–Crippen LogP) is 4.11. The minimum absolute atomic E-state index is 0. The summed E-state index contributed by atoms with van der Waals surface area (Å²) in [5.41, 5.74) is 3.70. The average molecular weight is 503 g/mol. The second kappa shape index (κ2) is 10.1. The number of fused-ring (bicyclic) bond motifs is 1. The highest BCUT2D eigenvalue weighted by molar-refractivity contribution is 14.0. The maximum absolute atomic E-state index is 4.42. The third-order valence-electron chi connectivity index (χ3n) is 5.53. The summed E-state index contributed by atoms with van der Waals surface area (Å²) < 4.78 is 0. The van der Waals surface area contributed by atoms with Crippen LogP contribution in [0.25, 0.3) is 10.9 Å². The summed E-state index contributed by atoms with van der Waals surface area (Å²) in [7, 11) is 1.83. The molecule has 6 heteroatoms. The third kappa shape index (κ3) is 5.51. The largest absolute Gasteiger partial charge is 0.357 e. The number of aromatic nitrogens is 1. The first kappa shape index (κ1) is 21.6. The van der Waals surface area contributed by atoms with Gasteiger partial charge in [-0.3, -0.25) is 9.89 Å². The van der Waals surface area contributed by atoms with Crippen molar-refractivity contribution in [3.8, 4) is 0 Å². The topological polar surface area (TPSA) is 55.5 Å². The van der Waals surface area contributed by atoms with E-state index in [1.165, 1.54) is 16.5 Å². The summed E-state index contributed by atoms with van der Waals surface area (Å²) in [5.74, 6) is 0.859. The summed E-state index contributed by atoms with van der Waals surface area (Å²) in [5, 5.41) is 8.28. The van der Waals surface area contributed by atoms with Gasteiger partial charge in [-0.25, -0.2) is 0 Å². The average Bonchev–Trinajstić information content (AvgIpc) is 3.28. The van der Waals surface area contributed by atoms with Gasteiger partial charge in [0.05, 0.1) is 6.54 Å². The van der Waals surface area contributed by atoms with Gasteiger partial charge in [-0.2, -0.15) is 0 Å². The van der Waals surface area contributed by atoms with E-state index in [-0.39, 0.29) is 24.0 Å². The van der Waals surface area contributed by atoms with E-state index in [4.69, 9.17) is 0 Å². The van der Waals surface area contributed by atoms with Crippen molar-refractivity contribution in [1.29, 1.82) is 0 Å². The molecule has 1 aromatic heterocycles. The van der Waals surface area contributed by atoms with Gasteiger partial charge in [-0.15, -0.1) is 24.0 Å². The van der Waals surface area contributed by atoms with Crippen LogP contribution >= 0.6 is 24.0 Å². The van der Waals surface area contributed by atoms with E-state index in [0.717, 1.165) is 37.7 Å². The highest BCUT2D eigenvalue weighted by Gasteiger charge is 2.29. The molecule has 0 bridgehead atoms. The Morgan fingerprint density at radius 1 is 1.14 bits per heavy atom. The van der Waals surface area contributed by atoms with Crippen LogP contribution in [0.3, 0.4) is 0 Å². The Bertz CT molecular complexity index is 904. The fourth-order valence-electron chi connectivity index (χ4n) is 4.04. The number of benzene rings is 2. The SMILES string of the molecule is CN=C(NCc1cc2ccccc2[nH]1)NC1CC(C)N(Cc2ccccc2)C1.I. The molecule has 1 saturated heterocycles. The minimum atomic E-state index is 0. The Labute approximate surface area is 190 Å². The highest BCUT2D eigenvalue weighted by atomic mass is 127. The minimum Gasteiger partial charge on any atom is -0.357 e. The first-order valence-electron chi connectivity index (χ1n) is 10.0. The molecule has 0 saturated carbocycles. The molecular formula is C23H30IN5. The molecule has 0 amide bonds. The molecule has 2 aromatic carbocycles. The third-order valence-corrected chi connectivity index (χ3v) is 5.53. The van der Waals surface area contributed by atoms with Gasteiger partial charge in [0.15, 0.2) is 5.96 Å². The molecule has 3 aromatic rings. The standard InChI is InChI=1S/C23H29N5.HI/c1-17-12-21(16-28(17)15-18-8-4-3-5-9-18)27-23(24-2)25-14-20-13-19-10-6-7-11-22(19)26-20;/h3-11,13,17,21,26H,12,14-16H2,1-2H3,(H2,24,25,27);1H. The zero-order valence-electron chi connectivity index (χ0n) is 17.1. The van der Waals surface area contributed by atoms with Gasteiger partial charge in [0.2, 0.25) is 0 Å². The number of hydrogen-bond acceptors (Lipinski definition) is 2. The lowest BCUT2D eigenvalue weighted by atomic mass is 10.2. The van der Waals surface area contributed by atoms with Gasteiger partial charge < -0.3 is 15.6 Å². The smallest absolute Gasteiger partial charge is 0.191 e. The molecule has 2 atom stereocenters. The number of likely N-dealkylation sites (tertiary alicyclic amines) is 1. The summed E-state index contributed by atoms with van der Waals surface area (Å²) in [4.78, 5) is 10.4. The van der Waals surface area contributed by atoms with Crippen molar-refractivity contribution in [3.05, 3.63) is 71.9 Å². The van der Waals surface area contributed by atoms with Gasteiger partial charge in [-0.05, 0) is 36.4 Å². The number of aromatic amines is 1. The number of hydrogen-bond donors (Lipinski definition) is 3. The number of aliphatic imine (C=N–C) groups is 1. The predicted molar refractivity (Wildman–Crippen MR) is 132 cm³/mol. The maximum atomic E-state index is 4.42. The van der Waals surface area contributed by atoms with Gasteiger partial charge in [0, 0.05) is 43.4 Å². The van der Waals surface area contributed by atoms with Crippen LogP contribution in [0.1, 0.15) is 24.6 Å². The van der Waals surface area contributed by atoms with E-state index in [0.29, 0.717) is 12.1 Å². The van der Waals surface area contributed by atoms with Crippen LogP contribution in [0.4, 0.5) is 0 Å². The van der Waals surface area contributed by atoms with Crippen molar-refractivity contribution in [2.75, 3.05) is 13.6 Å². The molecule has 154 valence electrons. The van der Waals surface area contributed by atoms with Crippen molar-refractivity contribution in [2.24, 2.45) is 4.99 Å². The van der Waals surface area contributed by atoms with E-state index in [9.17, 15) is 0 Å². The number of para-hydroxylation sites is 1. The lowest BCUT2D eigenvalue weighted by Gasteiger charge is -2.21. The molecule has 0 spiro atoms. The van der Waals surface area contributed by atoms with Crippen LogP contribution in [0.2, 0.25) is 0 Å². The van der Waals surface area contributed by atoms with Crippen molar-refractivity contribution >= 4 is 40.8 Å². The van der Waals surface area contributed by atoms with Crippen LogP contribution in [0.5, 0.6) is 0 Å². The van der Waals surface area contributed by atoms with Crippen LogP contribution < -0.4 is 10.6 Å². The number of nitrogens with one attached hydrogen (secondary N) is 3. The summed E-state index contributed by atoms with van der Waals surface area (Å²) in [6, 6.07) is 22.2. The molecule has 0 aliphatic carbocycles. The van der Waals surface area contributed by atoms with E-state index >= 15 is 0 Å². The van der Waals surface area contributed by atoms with E-state index in [1.807, 2.05) is 7.05 Å². The molecule has 2 unspecified atom stereocenters. The molecule has 1 aliphatic rings. The number of halogens is 1. The van der Waals surface area contributed by atoms with E-state index < -0.39 is 0 Å². The molecule has 29 heavy (non-hydrogen) atoms. The van der Waals surface area contributed by atoms with Crippen LogP contribution in [-0.2, 0) is 13.1 Å². The molecule has 3 N–H and O–H groups in total. The number of guanidine groups is 1. The van der Waals surface area contributed by atoms with Crippen LogP contribution in [0, 0.1) is 0 Å². The number of H-pyrrole nitrogens is 1. The van der Waals surface area contributed by atoms with Crippen molar-refractivity contribution in [2.45, 2.75) is 38.5 Å². The van der Waals surface area contributed by atoms with Crippen molar-refractivity contribution in [3.63, 3.8) is 0 Å². The van der Waals surface area contributed by atoms with Gasteiger partial charge in [0.1, 0.15) is 0 Å². The Hall–Kier alpha value is -2.06. The number of nitrogens with zero attached hydrogens (tertiary/aromatic N) is 2. The summed E-state index contributed by atoms with van der Waals surface area (Å²) >= 11 is 0. The zero-order chi connectivity index (χ0) is 19.3. The Morgan fingerprint density at radius 2 is 1.90 bits per heavy atom. The van der Waals surface area contributed by atoms with Crippen LogP contribution in [-0.4, -0.2) is 41.5 Å². The second-order valence-corrected chi connectivity index (χ2v) is 7.65. The fraction of sp³-hybridized carbons (Fsp3) is 0.348. The monoisotopic (exact) mass is 503 g/mol. The van der Waals surface area contributed by atoms with Gasteiger partial charge in [-0.1, -0.05) is 48.5 Å².